The lowest BCUT2D eigenvalue weighted by atomic mass is 10.1. The first-order chi connectivity index (χ1) is 10.1. The van der Waals surface area contributed by atoms with Crippen molar-refractivity contribution in [1.82, 2.24) is 4.98 Å². The number of carboxylic acids is 1. The zero-order chi connectivity index (χ0) is 15.2. The molecule has 0 bridgehead atoms. The molecule has 0 fully saturated rings. The number of halogens is 1. The molecule has 0 saturated heterocycles. The van der Waals surface area contributed by atoms with Crippen LogP contribution in [0.25, 0.3) is 6.08 Å². The van der Waals surface area contributed by atoms with Crippen molar-refractivity contribution in [1.29, 1.82) is 0 Å². The Morgan fingerprint density at radius 2 is 2.24 bits per heavy atom. The molecule has 0 unspecified atom stereocenters. The number of carbonyl (C=O) groups is 1. The smallest absolute Gasteiger partial charge is 0.328 e. The Labute approximate surface area is 131 Å². The van der Waals surface area contributed by atoms with E-state index in [-0.39, 0.29) is 0 Å². The number of nitrogens with zero attached hydrogens (tertiary/aromatic N) is 2. The van der Waals surface area contributed by atoms with Gasteiger partial charge in [0, 0.05) is 36.5 Å². The fourth-order valence-corrected chi connectivity index (χ4v) is 2.65. The molecule has 0 aliphatic heterocycles. The molecule has 0 amide bonds. The summed E-state index contributed by atoms with van der Waals surface area (Å²) >= 11 is 3.53. The van der Waals surface area contributed by atoms with Crippen LogP contribution in [0.1, 0.15) is 11.1 Å². The van der Waals surface area contributed by atoms with Gasteiger partial charge in [0.25, 0.3) is 0 Å². The Bertz CT molecular complexity index is 657. The molecule has 0 saturated carbocycles. The zero-order valence-electron chi connectivity index (χ0n) is 11.5. The highest BCUT2D eigenvalue weighted by Crippen LogP contribution is 2.28. The summed E-state index contributed by atoms with van der Waals surface area (Å²) in [6, 6.07) is 9.69. The molecule has 1 aromatic heterocycles. The van der Waals surface area contributed by atoms with Gasteiger partial charge in [-0.05, 0) is 51.3 Å². The summed E-state index contributed by atoms with van der Waals surface area (Å²) in [5.41, 5.74) is 3.00. The number of rotatable bonds is 5. The molecule has 108 valence electrons. The standard InChI is InChI=1S/C16H15BrN2O2/c1-19(11-13-3-2-8-18-10-13)15-6-4-12(9-14(15)17)5-7-16(20)21/h2-10H,11H2,1H3,(H,20,21)/b7-5+. The third kappa shape index (κ3) is 4.43. The molecule has 21 heavy (non-hydrogen) atoms. The van der Waals surface area contributed by atoms with E-state index in [1.807, 2.05) is 43.6 Å². The number of hydrogen-bond acceptors (Lipinski definition) is 3. The lowest BCUT2D eigenvalue weighted by molar-refractivity contribution is -0.131. The summed E-state index contributed by atoms with van der Waals surface area (Å²) in [5, 5.41) is 8.64. The van der Waals surface area contributed by atoms with Gasteiger partial charge in [0.2, 0.25) is 0 Å². The van der Waals surface area contributed by atoms with Crippen LogP contribution in [0.2, 0.25) is 0 Å². The van der Waals surface area contributed by atoms with Gasteiger partial charge in [-0.2, -0.15) is 0 Å². The van der Waals surface area contributed by atoms with Gasteiger partial charge in [0.1, 0.15) is 0 Å². The second-order valence-electron chi connectivity index (χ2n) is 4.60. The Balaban J connectivity index is 2.15. The predicted molar refractivity (Wildman–Crippen MR) is 87.2 cm³/mol. The quantitative estimate of drug-likeness (QED) is 0.840. The fourth-order valence-electron chi connectivity index (χ4n) is 1.95. The van der Waals surface area contributed by atoms with Gasteiger partial charge in [-0.1, -0.05) is 12.1 Å². The van der Waals surface area contributed by atoms with Crippen molar-refractivity contribution in [2.24, 2.45) is 0 Å². The van der Waals surface area contributed by atoms with Crippen LogP contribution in [0.4, 0.5) is 5.69 Å². The van der Waals surface area contributed by atoms with E-state index in [0.717, 1.165) is 33.9 Å². The van der Waals surface area contributed by atoms with E-state index in [9.17, 15) is 4.79 Å². The minimum atomic E-state index is -0.955. The first-order valence-corrected chi connectivity index (χ1v) is 7.16. The Morgan fingerprint density at radius 1 is 1.43 bits per heavy atom. The van der Waals surface area contributed by atoms with Crippen LogP contribution in [-0.2, 0) is 11.3 Å². The van der Waals surface area contributed by atoms with Crippen LogP contribution < -0.4 is 4.90 Å². The molecular formula is C16H15BrN2O2. The van der Waals surface area contributed by atoms with Crippen molar-refractivity contribution in [2.75, 3.05) is 11.9 Å². The maximum Gasteiger partial charge on any atom is 0.328 e. The molecule has 1 heterocycles. The Morgan fingerprint density at radius 3 is 2.86 bits per heavy atom. The van der Waals surface area contributed by atoms with Crippen molar-refractivity contribution in [3.8, 4) is 0 Å². The van der Waals surface area contributed by atoms with Gasteiger partial charge in [-0.3, -0.25) is 4.98 Å². The third-order valence-electron chi connectivity index (χ3n) is 2.94. The molecule has 0 atom stereocenters. The number of benzene rings is 1. The summed E-state index contributed by atoms with van der Waals surface area (Å²) in [5.74, 6) is -0.955. The van der Waals surface area contributed by atoms with E-state index >= 15 is 0 Å². The Kier molecular flexibility index (Phi) is 5.11. The molecule has 0 aliphatic carbocycles. The predicted octanol–water partition coefficient (Wildman–Crippen LogP) is 3.58. The number of pyridine rings is 1. The zero-order valence-corrected chi connectivity index (χ0v) is 13.1. The first-order valence-electron chi connectivity index (χ1n) is 6.37. The molecule has 1 N–H and O–H groups in total. The van der Waals surface area contributed by atoms with Gasteiger partial charge in [-0.25, -0.2) is 4.79 Å². The fraction of sp³-hybridized carbons (Fsp3) is 0.125. The largest absolute Gasteiger partial charge is 0.478 e. The van der Waals surface area contributed by atoms with E-state index in [4.69, 9.17) is 5.11 Å². The summed E-state index contributed by atoms with van der Waals surface area (Å²) in [7, 11) is 2.00. The molecule has 0 spiro atoms. The SMILES string of the molecule is CN(Cc1cccnc1)c1ccc(/C=C/C(=O)O)cc1Br. The van der Waals surface area contributed by atoms with Gasteiger partial charge < -0.3 is 10.0 Å². The number of carboxylic acid groups (broad SMARTS) is 1. The molecule has 4 nitrogen and oxygen atoms in total. The molecule has 5 heteroatoms. The van der Waals surface area contributed by atoms with Crippen LogP contribution >= 0.6 is 15.9 Å². The first kappa shape index (κ1) is 15.3. The van der Waals surface area contributed by atoms with Crippen LogP contribution in [0, 0.1) is 0 Å². The van der Waals surface area contributed by atoms with Crippen LogP contribution in [-0.4, -0.2) is 23.1 Å². The maximum absolute atomic E-state index is 10.5. The van der Waals surface area contributed by atoms with Crippen LogP contribution in [0.3, 0.4) is 0 Å². The third-order valence-corrected chi connectivity index (χ3v) is 3.58. The molecule has 1 aromatic carbocycles. The Hall–Kier alpha value is -2.14. The lowest BCUT2D eigenvalue weighted by Crippen LogP contribution is -2.16. The van der Waals surface area contributed by atoms with E-state index < -0.39 is 5.97 Å². The van der Waals surface area contributed by atoms with Crippen molar-refractivity contribution in [3.63, 3.8) is 0 Å². The topological polar surface area (TPSA) is 53.4 Å². The average Bonchev–Trinajstić information content (AvgIpc) is 2.46. The maximum atomic E-state index is 10.5. The summed E-state index contributed by atoms with van der Waals surface area (Å²) in [4.78, 5) is 16.7. The van der Waals surface area contributed by atoms with E-state index in [1.54, 1.807) is 12.3 Å². The number of anilines is 1. The number of aromatic nitrogens is 1. The van der Waals surface area contributed by atoms with E-state index in [0.29, 0.717) is 0 Å². The molecular weight excluding hydrogens is 332 g/mol. The lowest BCUT2D eigenvalue weighted by Gasteiger charge is -2.21. The van der Waals surface area contributed by atoms with Gasteiger partial charge >= 0.3 is 5.97 Å². The highest BCUT2D eigenvalue weighted by Gasteiger charge is 2.07. The summed E-state index contributed by atoms with van der Waals surface area (Å²) < 4.78 is 0.918. The van der Waals surface area contributed by atoms with Crippen molar-refractivity contribution in [3.05, 3.63) is 64.4 Å². The van der Waals surface area contributed by atoms with Crippen molar-refractivity contribution in [2.45, 2.75) is 6.54 Å². The monoisotopic (exact) mass is 346 g/mol. The normalized spacial score (nSPS) is 10.8. The minimum Gasteiger partial charge on any atom is -0.478 e. The number of hydrogen-bond donors (Lipinski definition) is 1. The van der Waals surface area contributed by atoms with E-state index in [1.165, 1.54) is 0 Å². The summed E-state index contributed by atoms with van der Waals surface area (Å²) in [6.07, 6.45) is 6.29. The molecule has 2 aromatic rings. The van der Waals surface area contributed by atoms with E-state index in [2.05, 4.69) is 25.8 Å². The number of aliphatic carboxylic acids is 1. The molecule has 2 rings (SSSR count). The van der Waals surface area contributed by atoms with Crippen LogP contribution in [0.15, 0.2) is 53.3 Å². The second kappa shape index (κ2) is 7.04. The highest BCUT2D eigenvalue weighted by molar-refractivity contribution is 9.10. The average molecular weight is 347 g/mol. The second-order valence-corrected chi connectivity index (χ2v) is 5.45. The van der Waals surface area contributed by atoms with Crippen LogP contribution in [0.5, 0.6) is 0 Å². The minimum absolute atomic E-state index is 0.747. The highest BCUT2D eigenvalue weighted by atomic mass is 79.9. The molecule has 0 radical (unpaired) electrons. The van der Waals surface area contributed by atoms with Gasteiger partial charge in [-0.15, -0.1) is 0 Å². The van der Waals surface area contributed by atoms with Gasteiger partial charge in [0.15, 0.2) is 0 Å². The van der Waals surface area contributed by atoms with Gasteiger partial charge in [0.05, 0.1) is 5.69 Å². The van der Waals surface area contributed by atoms with Crippen molar-refractivity contribution < 1.29 is 9.90 Å². The molecule has 0 aliphatic rings. The summed E-state index contributed by atoms with van der Waals surface area (Å²) in [6.45, 7) is 0.747. The van der Waals surface area contributed by atoms with Crippen molar-refractivity contribution >= 4 is 33.7 Å².